The van der Waals surface area contributed by atoms with Crippen molar-refractivity contribution in [3.8, 4) is 0 Å². The molecular formula is C14H19N3O3S. The molecule has 0 radical (unpaired) electrons. The molecule has 0 saturated carbocycles. The Morgan fingerprint density at radius 3 is 3.19 bits per heavy atom. The number of ether oxygens (including phenoxy) is 1. The molecule has 1 saturated heterocycles. The zero-order valence-corrected chi connectivity index (χ0v) is 12.9. The number of rotatable bonds is 4. The Morgan fingerprint density at radius 1 is 1.62 bits per heavy atom. The van der Waals surface area contributed by atoms with E-state index in [9.17, 15) is 9.59 Å². The van der Waals surface area contributed by atoms with E-state index < -0.39 is 0 Å². The maximum Gasteiger partial charge on any atom is 0.267 e. The van der Waals surface area contributed by atoms with Crippen LogP contribution in [0.25, 0.3) is 0 Å². The Labute approximate surface area is 127 Å². The normalized spacial score (nSPS) is 20.5. The number of nitrogens with zero attached hydrogens (tertiary/aromatic N) is 3. The fourth-order valence-electron chi connectivity index (χ4n) is 2.73. The van der Waals surface area contributed by atoms with Crippen molar-refractivity contribution < 1.29 is 9.53 Å². The SMILES string of the molecule is CCN(CC1CCOC1)C(=O)c1cnc2n(c1=O)CCS2. The standard InChI is InChI=1S/C14H19N3O3S/c1-2-16(8-10-3-5-20-9-10)12(18)11-7-15-14-17(13(11)19)4-6-21-14/h7,10H,2-6,8-9H2,1H3. The molecule has 7 heteroatoms. The lowest BCUT2D eigenvalue weighted by molar-refractivity contribution is 0.0727. The minimum atomic E-state index is -0.214. The lowest BCUT2D eigenvalue weighted by Crippen LogP contribution is -2.39. The summed E-state index contributed by atoms with van der Waals surface area (Å²) >= 11 is 1.55. The van der Waals surface area contributed by atoms with Gasteiger partial charge in [0, 0.05) is 44.1 Å². The topological polar surface area (TPSA) is 64.4 Å². The van der Waals surface area contributed by atoms with Crippen LogP contribution in [0.3, 0.4) is 0 Å². The van der Waals surface area contributed by atoms with E-state index in [0.717, 1.165) is 18.8 Å². The van der Waals surface area contributed by atoms with Gasteiger partial charge in [-0.25, -0.2) is 4.98 Å². The van der Waals surface area contributed by atoms with Crippen LogP contribution < -0.4 is 5.56 Å². The molecule has 21 heavy (non-hydrogen) atoms. The third kappa shape index (κ3) is 2.85. The minimum Gasteiger partial charge on any atom is -0.381 e. The van der Waals surface area contributed by atoms with Gasteiger partial charge in [0.2, 0.25) is 0 Å². The average molecular weight is 309 g/mol. The second kappa shape index (κ2) is 6.19. The second-order valence-corrected chi connectivity index (χ2v) is 6.40. The van der Waals surface area contributed by atoms with Crippen LogP contribution in [0.4, 0.5) is 0 Å². The van der Waals surface area contributed by atoms with E-state index in [1.54, 1.807) is 21.2 Å². The first-order chi connectivity index (χ1) is 10.2. The van der Waals surface area contributed by atoms with Crippen LogP contribution >= 0.6 is 11.8 Å². The highest BCUT2D eigenvalue weighted by Gasteiger charge is 2.26. The van der Waals surface area contributed by atoms with Crippen molar-refractivity contribution >= 4 is 17.7 Å². The highest BCUT2D eigenvalue weighted by molar-refractivity contribution is 7.99. The molecule has 0 N–H and O–H groups in total. The zero-order chi connectivity index (χ0) is 14.8. The average Bonchev–Trinajstić information content (AvgIpc) is 3.16. The number of hydrogen-bond donors (Lipinski definition) is 0. The highest BCUT2D eigenvalue weighted by Crippen LogP contribution is 2.21. The zero-order valence-electron chi connectivity index (χ0n) is 12.1. The quantitative estimate of drug-likeness (QED) is 0.772. The number of fused-ring (bicyclic) bond motifs is 1. The highest BCUT2D eigenvalue weighted by atomic mass is 32.2. The van der Waals surface area contributed by atoms with Gasteiger partial charge in [-0.15, -0.1) is 0 Å². The maximum atomic E-state index is 12.6. The monoisotopic (exact) mass is 309 g/mol. The van der Waals surface area contributed by atoms with E-state index in [1.807, 2.05) is 6.92 Å². The van der Waals surface area contributed by atoms with E-state index in [1.165, 1.54) is 6.20 Å². The molecular weight excluding hydrogens is 290 g/mol. The summed E-state index contributed by atoms with van der Waals surface area (Å²) in [5, 5.41) is 0.712. The van der Waals surface area contributed by atoms with Gasteiger partial charge in [-0.3, -0.25) is 14.2 Å². The van der Waals surface area contributed by atoms with Gasteiger partial charge < -0.3 is 9.64 Å². The molecule has 1 amide bonds. The Kier molecular flexibility index (Phi) is 4.30. The summed E-state index contributed by atoms with van der Waals surface area (Å²) in [6.07, 6.45) is 2.41. The first-order valence-corrected chi connectivity index (χ1v) is 8.29. The van der Waals surface area contributed by atoms with Crippen LogP contribution in [0.15, 0.2) is 16.1 Å². The van der Waals surface area contributed by atoms with Gasteiger partial charge in [-0.2, -0.15) is 0 Å². The van der Waals surface area contributed by atoms with Crippen molar-refractivity contribution in [1.82, 2.24) is 14.5 Å². The van der Waals surface area contributed by atoms with Crippen LogP contribution in [0.1, 0.15) is 23.7 Å². The first kappa shape index (κ1) is 14.6. The summed E-state index contributed by atoms with van der Waals surface area (Å²) in [6, 6.07) is 0. The summed E-state index contributed by atoms with van der Waals surface area (Å²) in [5.74, 6) is 1.00. The summed E-state index contributed by atoms with van der Waals surface area (Å²) in [6.45, 7) is 5.26. The molecule has 3 rings (SSSR count). The third-order valence-corrected chi connectivity index (χ3v) is 4.93. The van der Waals surface area contributed by atoms with Crippen molar-refractivity contribution in [1.29, 1.82) is 0 Å². The lowest BCUT2D eigenvalue weighted by Gasteiger charge is -2.23. The molecule has 1 aromatic rings. The van der Waals surface area contributed by atoms with E-state index >= 15 is 0 Å². The number of amides is 1. The van der Waals surface area contributed by atoms with Crippen LogP contribution in [0.5, 0.6) is 0 Å². The Morgan fingerprint density at radius 2 is 2.48 bits per heavy atom. The minimum absolute atomic E-state index is 0.182. The number of carbonyl (C=O) groups excluding carboxylic acids is 1. The molecule has 0 spiro atoms. The van der Waals surface area contributed by atoms with Crippen LogP contribution in [-0.4, -0.2) is 52.4 Å². The molecule has 6 nitrogen and oxygen atoms in total. The molecule has 1 aromatic heterocycles. The maximum absolute atomic E-state index is 12.6. The molecule has 1 atom stereocenters. The molecule has 0 aliphatic carbocycles. The van der Waals surface area contributed by atoms with E-state index in [0.29, 0.717) is 37.3 Å². The lowest BCUT2D eigenvalue weighted by atomic mass is 10.1. The molecule has 0 aromatic carbocycles. The molecule has 114 valence electrons. The van der Waals surface area contributed by atoms with Gasteiger partial charge in [0.15, 0.2) is 5.16 Å². The molecule has 2 aliphatic heterocycles. The van der Waals surface area contributed by atoms with Crippen molar-refractivity contribution in [2.45, 2.75) is 25.0 Å². The van der Waals surface area contributed by atoms with E-state index in [2.05, 4.69) is 4.98 Å². The smallest absolute Gasteiger partial charge is 0.267 e. The first-order valence-electron chi connectivity index (χ1n) is 7.30. The van der Waals surface area contributed by atoms with Crippen molar-refractivity contribution in [2.24, 2.45) is 5.92 Å². The molecule has 1 fully saturated rings. The Bertz CT molecular complexity index is 596. The number of carbonyl (C=O) groups is 1. The second-order valence-electron chi connectivity index (χ2n) is 5.33. The summed E-state index contributed by atoms with van der Waals surface area (Å²) < 4.78 is 6.95. The van der Waals surface area contributed by atoms with Gasteiger partial charge in [0.25, 0.3) is 11.5 Å². The van der Waals surface area contributed by atoms with Gasteiger partial charge in [0.05, 0.1) is 6.61 Å². The Hall–Kier alpha value is -1.34. The summed E-state index contributed by atoms with van der Waals surface area (Å²) in [5.41, 5.74) is -0.0295. The third-order valence-electron chi connectivity index (χ3n) is 3.96. The predicted molar refractivity (Wildman–Crippen MR) is 79.7 cm³/mol. The van der Waals surface area contributed by atoms with Crippen LogP contribution in [0.2, 0.25) is 0 Å². The summed E-state index contributed by atoms with van der Waals surface area (Å²) in [7, 11) is 0. The molecule has 1 unspecified atom stereocenters. The van der Waals surface area contributed by atoms with Crippen LogP contribution in [0, 0.1) is 5.92 Å². The van der Waals surface area contributed by atoms with Crippen molar-refractivity contribution in [2.75, 3.05) is 32.1 Å². The molecule has 2 aliphatic rings. The number of thioether (sulfide) groups is 1. The molecule has 0 bridgehead atoms. The van der Waals surface area contributed by atoms with Gasteiger partial charge in [-0.05, 0) is 13.3 Å². The fourth-order valence-corrected chi connectivity index (χ4v) is 3.64. The van der Waals surface area contributed by atoms with Crippen molar-refractivity contribution in [3.63, 3.8) is 0 Å². The van der Waals surface area contributed by atoms with Gasteiger partial charge >= 0.3 is 0 Å². The summed E-state index contributed by atoms with van der Waals surface area (Å²) in [4.78, 5) is 31.0. The van der Waals surface area contributed by atoms with E-state index in [4.69, 9.17) is 4.74 Å². The number of aromatic nitrogens is 2. The fraction of sp³-hybridized carbons (Fsp3) is 0.643. The molecule has 3 heterocycles. The largest absolute Gasteiger partial charge is 0.381 e. The Balaban J connectivity index is 1.81. The van der Waals surface area contributed by atoms with Crippen molar-refractivity contribution in [3.05, 3.63) is 22.1 Å². The number of hydrogen-bond acceptors (Lipinski definition) is 5. The van der Waals surface area contributed by atoms with E-state index in [-0.39, 0.29) is 17.0 Å². The predicted octanol–water partition coefficient (Wildman–Crippen LogP) is 0.848. The van der Waals surface area contributed by atoms with Crippen LogP contribution in [-0.2, 0) is 11.3 Å². The van der Waals surface area contributed by atoms with Gasteiger partial charge in [0.1, 0.15) is 5.56 Å². The van der Waals surface area contributed by atoms with Gasteiger partial charge in [-0.1, -0.05) is 11.8 Å².